The first-order valence-corrected chi connectivity index (χ1v) is 9.58. The number of ether oxygens (including phenoxy) is 2. The zero-order chi connectivity index (χ0) is 21.1. The molecule has 7 nitrogen and oxygen atoms in total. The summed E-state index contributed by atoms with van der Waals surface area (Å²) in [6.07, 6.45) is 4.00. The highest BCUT2D eigenvalue weighted by molar-refractivity contribution is 6.07. The number of fused-ring (bicyclic) bond motifs is 1. The van der Waals surface area contributed by atoms with Crippen LogP contribution in [0.4, 0.5) is 0 Å². The van der Waals surface area contributed by atoms with Crippen molar-refractivity contribution in [3.8, 4) is 22.8 Å². The Morgan fingerprint density at radius 3 is 2.87 bits per heavy atom. The Labute approximate surface area is 173 Å². The van der Waals surface area contributed by atoms with Crippen molar-refractivity contribution in [1.29, 1.82) is 0 Å². The van der Waals surface area contributed by atoms with E-state index < -0.39 is 0 Å². The van der Waals surface area contributed by atoms with Crippen LogP contribution in [-0.2, 0) is 19.6 Å². The summed E-state index contributed by atoms with van der Waals surface area (Å²) < 4.78 is 10.8. The fourth-order valence-electron chi connectivity index (χ4n) is 3.53. The second-order valence-electron chi connectivity index (χ2n) is 6.96. The third-order valence-electron chi connectivity index (χ3n) is 5.13. The van der Waals surface area contributed by atoms with Gasteiger partial charge in [-0.25, -0.2) is 0 Å². The summed E-state index contributed by atoms with van der Waals surface area (Å²) in [4.78, 5) is 12.5. The lowest BCUT2D eigenvalue weighted by Crippen LogP contribution is -1.99. The van der Waals surface area contributed by atoms with Gasteiger partial charge in [0.1, 0.15) is 11.5 Å². The molecular weight excluding hydrogens is 384 g/mol. The van der Waals surface area contributed by atoms with Crippen LogP contribution in [-0.4, -0.2) is 39.9 Å². The van der Waals surface area contributed by atoms with E-state index in [2.05, 4.69) is 10.2 Å². The summed E-state index contributed by atoms with van der Waals surface area (Å²) in [6, 6.07) is 10.8. The first kappa shape index (κ1) is 19.9. The number of aliphatic hydroxyl groups is 2. The maximum Gasteiger partial charge on any atom is 0.185 e. The standard InChI is InChI=1S/C23H22N2O5/c1-29-23-10-16(9-17(12-26)19(23)13-27)20-11-18(24-25-20)3-4-21(28)14-2-5-22-15(8-14)6-7-30-22/h2-5,8-11,26-27H,6-7,12-13H2,1H3,(H,24,25)/b4-3+. The summed E-state index contributed by atoms with van der Waals surface area (Å²) in [5, 5.41) is 26.3. The molecule has 7 heteroatoms. The minimum absolute atomic E-state index is 0.0996. The lowest BCUT2D eigenvalue weighted by molar-refractivity contribution is 0.104. The Morgan fingerprint density at radius 2 is 2.10 bits per heavy atom. The number of aromatic amines is 1. The van der Waals surface area contributed by atoms with E-state index in [-0.39, 0.29) is 19.0 Å². The van der Waals surface area contributed by atoms with Gasteiger partial charge in [-0.15, -0.1) is 0 Å². The molecule has 4 rings (SSSR count). The molecule has 0 bridgehead atoms. The van der Waals surface area contributed by atoms with Crippen LogP contribution >= 0.6 is 0 Å². The third-order valence-corrected chi connectivity index (χ3v) is 5.13. The predicted octanol–water partition coefficient (Wildman–Crippen LogP) is 2.90. The third kappa shape index (κ3) is 3.85. The molecule has 0 atom stereocenters. The van der Waals surface area contributed by atoms with Crippen LogP contribution in [0.25, 0.3) is 17.3 Å². The van der Waals surface area contributed by atoms with Gasteiger partial charge in [0.25, 0.3) is 0 Å². The topological polar surface area (TPSA) is 105 Å². The number of rotatable bonds is 7. The minimum Gasteiger partial charge on any atom is -0.496 e. The summed E-state index contributed by atoms with van der Waals surface area (Å²) in [6.45, 7) is 0.199. The number of aliphatic hydroxyl groups excluding tert-OH is 2. The number of carbonyl (C=O) groups excluding carboxylic acids is 1. The number of methoxy groups -OCH3 is 1. The van der Waals surface area contributed by atoms with Crippen LogP contribution in [0.15, 0.2) is 42.5 Å². The van der Waals surface area contributed by atoms with Gasteiger partial charge in [0.15, 0.2) is 5.78 Å². The normalized spacial score (nSPS) is 12.8. The number of nitrogens with zero attached hydrogens (tertiary/aromatic N) is 1. The van der Waals surface area contributed by atoms with Gasteiger partial charge in [-0.1, -0.05) is 0 Å². The van der Waals surface area contributed by atoms with E-state index in [0.29, 0.717) is 40.4 Å². The quantitative estimate of drug-likeness (QED) is 0.412. The van der Waals surface area contributed by atoms with Gasteiger partial charge in [0, 0.05) is 23.1 Å². The number of carbonyl (C=O) groups is 1. The maximum absolute atomic E-state index is 12.5. The highest BCUT2D eigenvalue weighted by atomic mass is 16.5. The lowest BCUT2D eigenvalue weighted by atomic mass is 10.0. The summed E-state index contributed by atoms with van der Waals surface area (Å²) in [7, 11) is 1.51. The van der Waals surface area contributed by atoms with Gasteiger partial charge in [-0.2, -0.15) is 5.10 Å². The van der Waals surface area contributed by atoms with Gasteiger partial charge in [0.2, 0.25) is 0 Å². The van der Waals surface area contributed by atoms with Crippen molar-refractivity contribution < 1.29 is 24.5 Å². The van der Waals surface area contributed by atoms with E-state index in [1.54, 1.807) is 30.3 Å². The van der Waals surface area contributed by atoms with Crippen molar-refractivity contribution in [1.82, 2.24) is 10.2 Å². The number of benzene rings is 2. The van der Waals surface area contributed by atoms with Crippen molar-refractivity contribution in [2.75, 3.05) is 13.7 Å². The van der Waals surface area contributed by atoms with Gasteiger partial charge in [-0.05, 0) is 59.7 Å². The zero-order valence-corrected chi connectivity index (χ0v) is 16.5. The van der Waals surface area contributed by atoms with E-state index in [1.807, 2.05) is 12.1 Å². The molecule has 0 amide bonds. The molecule has 0 spiro atoms. The fraction of sp³-hybridized carbons (Fsp3) is 0.217. The number of aromatic nitrogens is 2. The highest BCUT2D eigenvalue weighted by Crippen LogP contribution is 2.30. The monoisotopic (exact) mass is 406 g/mol. The molecule has 0 saturated carbocycles. The Hall–Kier alpha value is -3.42. The molecule has 3 aromatic rings. The summed E-state index contributed by atoms with van der Waals surface area (Å²) in [5.41, 5.74) is 4.82. The molecular formula is C23H22N2O5. The Kier molecular flexibility index (Phi) is 5.65. The van der Waals surface area contributed by atoms with E-state index in [9.17, 15) is 15.0 Å². The highest BCUT2D eigenvalue weighted by Gasteiger charge is 2.15. The zero-order valence-electron chi connectivity index (χ0n) is 16.5. The van der Waals surface area contributed by atoms with E-state index in [4.69, 9.17) is 9.47 Å². The predicted molar refractivity (Wildman–Crippen MR) is 111 cm³/mol. The van der Waals surface area contributed by atoms with Crippen molar-refractivity contribution >= 4 is 11.9 Å². The minimum atomic E-state index is -0.231. The van der Waals surface area contributed by atoms with Gasteiger partial charge >= 0.3 is 0 Å². The molecule has 3 N–H and O–H groups in total. The second-order valence-corrected chi connectivity index (χ2v) is 6.96. The average Bonchev–Trinajstić information content (AvgIpc) is 3.45. The van der Waals surface area contributed by atoms with Crippen LogP contribution in [0.3, 0.4) is 0 Å². The van der Waals surface area contributed by atoms with Crippen LogP contribution in [0, 0.1) is 0 Å². The molecule has 0 radical (unpaired) electrons. The van der Waals surface area contributed by atoms with E-state index >= 15 is 0 Å². The molecule has 30 heavy (non-hydrogen) atoms. The van der Waals surface area contributed by atoms with Gasteiger partial charge < -0.3 is 19.7 Å². The lowest BCUT2D eigenvalue weighted by Gasteiger charge is -2.12. The number of allylic oxidation sites excluding steroid dienone is 1. The van der Waals surface area contributed by atoms with E-state index in [0.717, 1.165) is 23.3 Å². The Bertz CT molecular complexity index is 1090. The van der Waals surface area contributed by atoms with Crippen molar-refractivity contribution in [3.63, 3.8) is 0 Å². The fourth-order valence-corrected chi connectivity index (χ4v) is 3.53. The molecule has 2 aromatic carbocycles. The Balaban J connectivity index is 1.55. The largest absolute Gasteiger partial charge is 0.496 e. The first-order valence-electron chi connectivity index (χ1n) is 9.58. The van der Waals surface area contributed by atoms with Crippen LogP contribution in [0.5, 0.6) is 11.5 Å². The number of ketones is 1. The van der Waals surface area contributed by atoms with Gasteiger partial charge in [0.05, 0.1) is 38.3 Å². The molecule has 0 saturated heterocycles. The summed E-state index contributed by atoms with van der Waals surface area (Å²) in [5.74, 6) is 1.23. The molecule has 1 aliphatic rings. The van der Waals surface area contributed by atoms with Crippen molar-refractivity contribution in [2.45, 2.75) is 19.6 Å². The van der Waals surface area contributed by atoms with E-state index in [1.165, 1.54) is 13.2 Å². The molecule has 2 heterocycles. The van der Waals surface area contributed by atoms with Crippen LogP contribution in [0.1, 0.15) is 32.7 Å². The second kappa shape index (κ2) is 8.52. The molecule has 1 aromatic heterocycles. The molecule has 1 aliphatic heterocycles. The molecule has 0 unspecified atom stereocenters. The number of hydrogen-bond donors (Lipinski definition) is 3. The average molecular weight is 406 g/mol. The Morgan fingerprint density at radius 1 is 1.23 bits per heavy atom. The van der Waals surface area contributed by atoms with Crippen LogP contribution in [0.2, 0.25) is 0 Å². The molecule has 0 aliphatic carbocycles. The van der Waals surface area contributed by atoms with Crippen molar-refractivity contribution in [3.05, 3.63) is 70.4 Å². The smallest absolute Gasteiger partial charge is 0.185 e. The molecule has 0 fully saturated rings. The SMILES string of the molecule is COc1cc(-c2cc(/C=C/C(=O)c3ccc4c(c3)CCO4)[nH]n2)cc(CO)c1CO. The molecule has 154 valence electrons. The number of H-pyrrole nitrogens is 1. The van der Waals surface area contributed by atoms with Crippen molar-refractivity contribution in [2.24, 2.45) is 0 Å². The van der Waals surface area contributed by atoms with Gasteiger partial charge in [-0.3, -0.25) is 9.89 Å². The van der Waals surface area contributed by atoms with Crippen LogP contribution < -0.4 is 9.47 Å². The number of hydrogen-bond acceptors (Lipinski definition) is 6. The number of nitrogens with one attached hydrogen (secondary N) is 1. The maximum atomic E-state index is 12.5. The summed E-state index contributed by atoms with van der Waals surface area (Å²) >= 11 is 0. The first-order chi connectivity index (χ1) is 14.6.